The molecule has 0 saturated carbocycles. The molecule has 0 atom stereocenters. The van der Waals surface area contributed by atoms with E-state index in [4.69, 9.17) is 0 Å². The van der Waals surface area contributed by atoms with Crippen molar-refractivity contribution in [2.75, 3.05) is 0 Å². The summed E-state index contributed by atoms with van der Waals surface area (Å²) in [5, 5.41) is 4.77. The van der Waals surface area contributed by atoms with Gasteiger partial charge in [-0.3, -0.25) is 9.59 Å². The SMILES string of the molecule is O=C(C=Cc1csc(-c2cccs2)n1)C(=O)c1ccccc1. The third kappa shape index (κ3) is 3.27. The summed E-state index contributed by atoms with van der Waals surface area (Å²) in [6, 6.07) is 12.5. The monoisotopic (exact) mass is 325 g/mol. The molecule has 0 aliphatic heterocycles. The molecule has 3 nitrogen and oxygen atoms in total. The van der Waals surface area contributed by atoms with Crippen molar-refractivity contribution in [1.82, 2.24) is 4.98 Å². The Balaban J connectivity index is 1.72. The Morgan fingerprint density at radius 1 is 1.00 bits per heavy atom. The van der Waals surface area contributed by atoms with Crippen LogP contribution in [0.2, 0.25) is 0 Å². The van der Waals surface area contributed by atoms with Crippen molar-refractivity contribution in [2.45, 2.75) is 0 Å². The lowest BCUT2D eigenvalue weighted by Crippen LogP contribution is -2.10. The third-order valence-electron chi connectivity index (χ3n) is 2.92. The second-order valence-corrected chi connectivity index (χ2v) is 6.25. The number of hydrogen-bond acceptors (Lipinski definition) is 5. The topological polar surface area (TPSA) is 47.0 Å². The van der Waals surface area contributed by atoms with Gasteiger partial charge in [-0.2, -0.15) is 0 Å². The number of ketones is 2. The standard InChI is InChI=1S/C17H11NO2S2/c19-14(16(20)12-5-2-1-3-6-12)9-8-13-11-22-17(18-13)15-7-4-10-21-15/h1-11H. The average molecular weight is 325 g/mol. The quantitative estimate of drug-likeness (QED) is 0.398. The predicted octanol–water partition coefficient (Wildman–Crippen LogP) is 4.34. The lowest BCUT2D eigenvalue weighted by molar-refractivity contribution is -0.110. The first-order valence-electron chi connectivity index (χ1n) is 6.55. The molecule has 0 unspecified atom stereocenters. The second-order valence-electron chi connectivity index (χ2n) is 4.45. The molecule has 0 fully saturated rings. The number of carbonyl (C=O) groups excluding carboxylic acids is 2. The smallest absolute Gasteiger partial charge is 0.232 e. The van der Waals surface area contributed by atoms with E-state index >= 15 is 0 Å². The minimum atomic E-state index is -0.545. The molecular weight excluding hydrogens is 314 g/mol. The first kappa shape index (κ1) is 14.6. The Morgan fingerprint density at radius 3 is 2.55 bits per heavy atom. The van der Waals surface area contributed by atoms with Gasteiger partial charge in [-0.15, -0.1) is 22.7 Å². The maximum atomic E-state index is 11.9. The van der Waals surface area contributed by atoms with Gasteiger partial charge in [-0.1, -0.05) is 36.4 Å². The number of allylic oxidation sites excluding steroid dienone is 1. The number of benzene rings is 1. The van der Waals surface area contributed by atoms with Crippen molar-refractivity contribution in [1.29, 1.82) is 0 Å². The molecule has 2 heterocycles. The van der Waals surface area contributed by atoms with Crippen LogP contribution in [0.1, 0.15) is 16.1 Å². The first-order valence-corrected chi connectivity index (χ1v) is 8.31. The maximum Gasteiger partial charge on any atom is 0.232 e. The average Bonchev–Trinajstić information content (AvgIpc) is 3.23. The van der Waals surface area contributed by atoms with Crippen molar-refractivity contribution >= 4 is 40.3 Å². The van der Waals surface area contributed by atoms with Crippen molar-refractivity contribution in [2.24, 2.45) is 0 Å². The van der Waals surface area contributed by atoms with Crippen LogP contribution in [-0.4, -0.2) is 16.6 Å². The van der Waals surface area contributed by atoms with Crippen LogP contribution in [0.5, 0.6) is 0 Å². The molecule has 22 heavy (non-hydrogen) atoms. The molecule has 5 heteroatoms. The molecule has 0 aliphatic carbocycles. The van der Waals surface area contributed by atoms with Crippen LogP contribution in [0.25, 0.3) is 16.0 Å². The maximum absolute atomic E-state index is 11.9. The van der Waals surface area contributed by atoms with Crippen LogP contribution in [0.15, 0.2) is 59.3 Å². The van der Waals surface area contributed by atoms with Gasteiger partial charge in [0.15, 0.2) is 0 Å². The fraction of sp³-hybridized carbons (Fsp3) is 0. The highest BCUT2D eigenvalue weighted by Gasteiger charge is 2.12. The van der Waals surface area contributed by atoms with Gasteiger partial charge in [0.05, 0.1) is 10.6 Å². The molecule has 2 aromatic heterocycles. The summed E-state index contributed by atoms with van der Waals surface area (Å²) in [4.78, 5) is 29.4. The fourth-order valence-corrected chi connectivity index (χ4v) is 3.45. The van der Waals surface area contributed by atoms with Gasteiger partial charge < -0.3 is 0 Å². The van der Waals surface area contributed by atoms with Crippen molar-refractivity contribution in [3.05, 3.63) is 70.6 Å². The zero-order valence-corrected chi connectivity index (χ0v) is 13.1. The minimum Gasteiger partial charge on any atom is -0.286 e. The molecule has 0 saturated heterocycles. The highest BCUT2D eigenvalue weighted by Crippen LogP contribution is 2.28. The number of thiophene rings is 1. The summed E-state index contributed by atoms with van der Waals surface area (Å²) < 4.78 is 0. The zero-order chi connectivity index (χ0) is 15.4. The number of carbonyl (C=O) groups is 2. The Kier molecular flexibility index (Phi) is 4.37. The summed E-state index contributed by atoms with van der Waals surface area (Å²) in [5.41, 5.74) is 1.08. The summed E-state index contributed by atoms with van der Waals surface area (Å²) >= 11 is 3.13. The van der Waals surface area contributed by atoms with E-state index in [0.717, 1.165) is 9.88 Å². The molecule has 0 radical (unpaired) electrons. The number of thiazole rings is 1. The van der Waals surface area contributed by atoms with Gasteiger partial charge >= 0.3 is 0 Å². The van der Waals surface area contributed by atoms with Crippen LogP contribution >= 0.6 is 22.7 Å². The van der Waals surface area contributed by atoms with E-state index in [1.807, 2.05) is 22.9 Å². The number of Topliss-reactive ketones (excluding diaryl/α,β-unsaturated/α-hetero) is 1. The van der Waals surface area contributed by atoms with Gasteiger partial charge in [-0.25, -0.2) is 4.98 Å². The molecular formula is C17H11NO2S2. The summed E-state index contributed by atoms with van der Waals surface area (Å²) in [6.45, 7) is 0. The predicted molar refractivity (Wildman–Crippen MR) is 90.2 cm³/mol. The Hall–Kier alpha value is -2.37. The molecule has 1 aromatic carbocycles. The number of nitrogens with zero attached hydrogens (tertiary/aromatic N) is 1. The van der Waals surface area contributed by atoms with E-state index < -0.39 is 11.6 Å². The van der Waals surface area contributed by atoms with E-state index in [0.29, 0.717) is 11.3 Å². The first-order chi connectivity index (χ1) is 10.7. The van der Waals surface area contributed by atoms with Gasteiger partial charge in [0.2, 0.25) is 11.6 Å². The molecule has 3 aromatic rings. The molecule has 108 valence electrons. The fourth-order valence-electron chi connectivity index (χ4n) is 1.84. The highest BCUT2D eigenvalue weighted by molar-refractivity contribution is 7.20. The number of rotatable bonds is 5. The molecule has 0 bridgehead atoms. The molecule has 3 rings (SSSR count). The molecule has 0 aliphatic rings. The van der Waals surface area contributed by atoms with Gasteiger partial charge in [0, 0.05) is 10.9 Å². The highest BCUT2D eigenvalue weighted by atomic mass is 32.1. The molecule has 0 N–H and O–H groups in total. The normalized spacial score (nSPS) is 10.9. The Bertz CT molecular complexity index is 817. The van der Waals surface area contributed by atoms with Crippen molar-refractivity contribution in [3.63, 3.8) is 0 Å². The summed E-state index contributed by atoms with van der Waals surface area (Å²) in [5.74, 6) is -1.05. The van der Waals surface area contributed by atoms with E-state index in [1.165, 1.54) is 17.4 Å². The van der Waals surface area contributed by atoms with Crippen LogP contribution in [-0.2, 0) is 4.79 Å². The van der Waals surface area contributed by atoms with Crippen molar-refractivity contribution < 1.29 is 9.59 Å². The second kappa shape index (κ2) is 6.60. The summed E-state index contributed by atoms with van der Waals surface area (Å²) in [6.07, 6.45) is 2.86. The Labute approximate surface area is 135 Å². The van der Waals surface area contributed by atoms with Crippen LogP contribution in [0.3, 0.4) is 0 Å². The van der Waals surface area contributed by atoms with Gasteiger partial charge in [0.25, 0.3) is 0 Å². The van der Waals surface area contributed by atoms with E-state index in [1.54, 1.807) is 47.7 Å². The number of hydrogen-bond donors (Lipinski definition) is 0. The van der Waals surface area contributed by atoms with E-state index in [9.17, 15) is 9.59 Å². The van der Waals surface area contributed by atoms with E-state index in [2.05, 4.69) is 4.98 Å². The van der Waals surface area contributed by atoms with Crippen LogP contribution in [0, 0.1) is 0 Å². The lowest BCUT2D eigenvalue weighted by atomic mass is 10.1. The lowest BCUT2D eigenvalue weighted by Gasteiger charge is -1.95. The van der Waals surface area contributed by atoms with Crippen LogP contribution < -0.4 is 0 Å². The third-order valence-corrected chi connectivity index (χ3v) is 4.82. The zero-order valence-electron chi connectivity index (χ0n) is 11.4. The molecule has 0 amide bonds. The largest absolute Gasteiger partial charge is 0.286 e. The van der Waals surface area contributed by atoms with E-state index in [-0.39, 0.29) is 0 Å². The van der Waals surface area contributed by atoms with Crippen molar-refractivity contribution in [3.8, 4) is 9.88 Å². The van der Waals surface area contributed by atoms with Gasteiger partial charge in [-0.05, 0) is 23.6 Å². The number of aromatic nitrogens is 1. The molecule has 0 spiro atoms. The Morgan fingerprint density at radius 2 is 1.82 bits per heavy atom. The van der Waals surface area contributed by atoms with Gasteiger partial charge in [0.1, 0.15) is 5.01 Å². The summed E-state index contributed by atoms with van der Waals surface area (Å²) in [7, 11) is 0. The van der Waals surface area contributed by atoms with Crippen LogP contribution in [0.4, 0.5) is 0 Å². The minimum absolute atomic E-state index is 0.398.